The van der Waals surface area contributed by atoms with E-state index < -0.39 is 0 Å². The van der Waals surface area contributed by atoms with Crippen molar-refractivity contribution in [3.05, 3.63) is 71.8 Å². The minimum atomic E-state index is -0.226. The van der Waals surface area contributed by atoms with Crippen molar-refractivity contribution >= 4 is 17.4 Å². The fourth-order valence-electron chi connectivity index (χ4n) is 3.77. The number of benzene rings is 3. The Balaban J connectivity index is 1.82. The molecule has 3 rings (SSSR count). The van der Waals surface area contributed by atoms with Crippen LogP contribution < -0.4 is 29.2 Å². The van der Waals surface area contributed by atoms with E-state index in [1.54, 1.807) is 51.5 Å². The number of ether oxygens (including phenoxy) is 4. The van der Waals surface area contributed by atoms with E-state index in [-0.39, 0.29) is 6.03 Å². The van der Waals surface area contributed by atoms with Gasteiger partial charge in [-0.1, -0.05) is 18.2 Å². The third kappa shape index (κ3) is 6.75. The molecular formula is C28H35N3O5. The molecule has 8 heteroatoms. The minimum Gasteiger partial charge on any atom is -0.497 e. The van der Waals surface area contributed by atoms with Crippen LogP contribution in [0.5, 0.6) is 23.0 Å². The average Bonchev–Trinajstić information content (AvgIpc) is 2.91. The lowest BCUT2D eigenvalue weighted by Crippen LogP contribution is -2.36. The molecule has 0 bridgehead atoms. The van der Waals surface area contributed by atoms with Crippen LogP contribution in [-0.2, 0) is 13.0 Å². The lowest BCUT2D eigenvalue weighted by molar-refractivity contribution is 0.209. The van der Waals surface area contributed by atoms with Crippen LogP contribution in [0.4, 0.5) is 16.2 Å². The Labute approximate surface area is 213 Å². The van der Waals surface area contributed by atoms with E-state index in [1.165, 1.54) is 0 Å². The zero-order valence-corrected chi connectivity index (χ0v) is 21.8. The van der Waals surface area contributed by atoms with Crippen LogP contribution in [0.1, 0.15) is 11.1 Å². The summed E-state index contributed by atoms with van der Waals surface area (Å²) in [6.45, 7) is 0.945. The van der Waals surface area contributed by atoms with Crippen molar-refractivity contribution in [2.75, 3.05) is 59.3 Å². The van der Waals surface area contributed by atoms with E-state index >= 15 is 0 Å². The van der Waals surface area contributed by atoms with Crippen molar-refractivity contribution in [3.63, 3.8) is 0 Å². The first-order valence-corrected chi connectivity index (χ1v) is 11.6. The van der Waals surface area contributed by atoms with Gasteiger partial charge in [0.25, 0.3) is 0 Å². The number of carbonyl (C=O) groups excluding carboxylic acids is 1. The summed E-state index contributed by atoms with van der Waals surface area (Å²) in [5.41, 5.74) is 3.74. The molecule has 3 aromatic carbocycles. The van der Waals surface area contributed by atoms with Gasteiger partial charge >= 0.3 is 6.03 Å². The van der Waals surface area contributed by atoms with Crippen LogP contribution in [0.3, 0.4) is 0 Å². The summed E-state index contributed by atoms with van der Waals surface area (Å²) in [5, 5.41) is 2.99. The molecular weight excluding hydrogens is 458 g/mol. The van der Waals surface area contributed by atoms with E-state index in [9.17, 15) is 4.79 Å². The predicted octanol–water partition coefficient (Wildman–Crippen LogP) is 5.06. The number of methoxy groups -OCH3 is 4. The Bertz CT molecular complexity index is 1150. The molecule has 0 atom stereocenters. The van der Waals surface area contributed by atoms with Gasteiger partial charge in [-0.2, -0.15) is 0 Å². The topological polar surface area (TPSA) is 72.5 Å². The van der Waals surface area contributed by atoms with Gasteiger partial charge < -0.3 is 34.1 Å². The van der Waals surface area contributed by atoms with Crippen LogP contribution in [-0.4, -0.2) is 60.0 Å². The maximum atomic E-state index is 13.4. The van der Waals surface area contributed by atoms with Crippen molar-refractivity contribution in [1.29, 1.82) is 0 Å². The molecule has 0 saturated carbocycles. The Morgan fingerprint density at radius 2 is 1.42 bits per heavy atom. The molecule has 0 spiro atoms. The highest BCUT2D eigenvalue weighted by Crippen LogP contribution is 2.30. The second kappa shape index (κ2) is 12.6. The lowest BCUT2D eigenvalue weighted by atomic mass is 10.1. The minimum absolute atomic E-state index is 0.226. The van der Waals surface area contributed by atoms with Gasteiger partial charge in [0.1, 0.15) is 11.5 Å². The molecule has 1 N–H and O–H groups in total. The zero-order chi connectivity index (χ0) is 26.1. The molecule has 0 fully saturated rings. The maximum Gasteiger partial charge on any atom is 0.322 e. The highest BCUT2D eigenvalue weighted by atomic mass is 16.5. The number of rotatable bonds is 11. The Hall–Kier alpha value is -4.07. The fraction of sp³-hybridized carbons (Fsp3) is 0.321. The van der Waals surface area contributed by atoms with E-state index in [1.807, 2.05) is 61.5 Å². The Morgan fingerprint density at radius 3 is 2.03 bits per heavy atom. The molecule has 0 radical (unpaired) electrons. The quantitative estimate of drug-likeness (QED) is 0.402. The molecule has 0 saturated heterocycles. The standard InChI is InChI=1S/C28H35N3O5/c1-30(2)22-10-7-21(8-11-22)19-31(16-15-20-9-14-25(34-4)27(17-20)36-6)28(32)29-24-13-12-23(33-3)18-26(24)35-5/h7-14,17-18H,15-16,19H2,1-6H3,(H,29,32). The largest absolute Gasteiger partial charge is 0.497 e. The molecule has 0 aliphatic rings. The van der Waals surface area contributed by atoms with Gasteiger partial charge in [-0.05, 0) is 53.9 Å². The van der Waals surface area contributed by atoms with Crippen molar-refractivity contribution in [3.8, 4) is 23.0 Å². The molecule has 0 unspecified atom stereocenters. The first-order chi connectivity index (χ1) is 17.4. The third-order valence-electron chi connectivity index (χ3n) is 5.88. The number of nitrogens with one attached hydrogen (secondary N) is 1. The van der Waals surface area contributed by atoms with Crippen molar-refractivity contribution in [2.45, 2.75) is 13.0 Å². The van der Waals surface area contributed by atoms with Crippen molar-refractivity contribution < 1.29 is 23.7 Å². The van der Waals surface area contributed by atoms with Crippen molar-refractivity contribution in [1.82, 2.24) is 4.90 Å². The van der Waals surface area contributed by atoms with E-state index in [0.717, 1.165) is 16.8 Å². The van der Waals surface area contributed by atoms with Gasteiger partial charge in [0.15, 0.2) is 11.5 Å². The summed E-state index contributed by atoms with van der Waals surface area (Å²) < 4.78 is 21.5. The summed E-state index contributed by atoms with van der Waals surface area (Å²) in [6, 6.07) is 19.0. The summed E-state index contributed by atoms with van der Waals surface area (Å²) in [7, 11) is 10.4. The molecule has 0 aliphatic heterocycles. The van der Waals surface area contributed by atoms with E-state index in [4.69, 9.17) is 18.9 Å². The highest BCUT2D eigenvalue weighted by molar-refractivity contribution is 5.91. The number of hydrogen-bond acceptors (Lipinski definition) is 6. The number of anilines is 2. The third-order valence-corrected chi connectivity index (χ3v) is 5.88. The molecule has 36 heavy (non-hydrogen) atoms. The lowest BCUT2D eigenvalue weighted by Gasteiger charge is -2.24. The molecule has 0 aromatic heterocycles. The maximum absolute atomic E-state index is 13.4. The normalized spacial score (nSPS) is 10.4. The molecule has 3 aromatic rings. The predicted molar refractivity (Wildman–Crippen MR) is 143 cm³/mol. The van der Waals surface area contributed by atoms with Crippen LogP contribution in [0.15, 0.2) is 60.7 Å². The van der Waals surface area contributed by atoms with Crippen molar-refractivity contribution in [2.24, 2.45) is 0 Å². The monoisotopic (exact) mass is 493 g/mol. The number of amides is 2. The summed E-state index contributed by atoms with van der Waals surface area (Å²) in [6.07, 6.45) is 0.642. The van der Waals surface area contributed by atoms with Gasteiger partial charge in [0.2, 0.25) is 0 Å². The number of urea groups is 1. The van der Waals surface area contributed by atoms with Gasteiger partial charge in [-0.25, -0.2) is 4.79 Å². The molecule has 192 valence electrons. The summed E-state index contributed by atoms with van der Waals surface area (Å²) in [5.74, 6) is 2.51. The second-order valence-corrected chi connectivity index (χ2v) is 8.42. The van der Waals surface area contributed by atoms with E-state index in [2.05, 4.69) is 5.32 Å². The molecule has 8 nitrogen and oxygen atoms in total. The van der Waals surface area contributed by atoms with Crippen LogP contribution in [0.25, 0.3) is 0 Å². The first-order valence-electron chi connectivity index (χ1n) is 11.6. The van der Waals surface area contributed by atoms with Gasteiger partial charge in [-0.3, -0.25) is 0 Å². The smallest absolute Gasteiger partial charge is 0.322 e. The van der Waals surface area contributed by atoms with Crippen LogP contribution in [0.2, 0.25) is 0 Å². The van der Waals surface area contributed by atoms with Gasteiger partial charge in [-0.15, -0.1) is 0 Å². The number of nitrogens with zero attached hydrogens (tertiary/aromatic N) is 2. The fourth-order valence-corrected chi connectivity index (χ4v) is 3.77. The van der Waals surface area contributed by atoms with Gasteiger partial charge in [0.05, 0.1) is 34.1 Å². The van der Waals surface area contributed by atoms with Crippen LogP contribution in [0, 0.1) is 0 Å². The van der Waals surface area contributed by atoms with Crippen LogP contribution >= 0.6 is 0 Å². The molecule has 0 aliphatic carbocycles. The number of carbonyl (C=O) groups is 1. The SMILES string of the molecule is COc1ccc(NC(=O)N(CCc2ccc(OC)c(OC)c2)Cc2ccc(N(C)C)cc2)c(OC)c1. The number of hydrogen-bond donors (Lipinski definition) is 1. The summed E-state index contributed by atoms with van der Waals surface area (Å²) >= 11 is 0. The molecule has 2 amide bonds. The second-order valence-electron chi connectivity index (χ2n) is 8.42. The van der Waals surface area contributed by atoms with E-state index in [0.29, 0.717) is 48.2 Å². The zero-order valence-electron chi connectivity index (χ0n) is 21.8. The Morgan fingerprint density at radius 1 is 0.750 bits per heavy atom. The highest BCUT2D eigenvalue weighted by Gasteiger charge is 2.17. The molecule has 0 heterocycles. The Kier molecular flexibility index (Phi) is 9.27. The van der Waals surface area contributed by atoms with Gasteiger partial charge in [0, 0.05) is 38.9 Å². The average molecular weight is 494 g/mol. The first kappa shape index (κ1) is 26.5. The summed E-state index contributed by atoms with van der Waals surface area (Å²) in [4.78, 5) is 17.3.